The highest BCUT2D eigenvalue weighted by Crippen LogP contribution is 2.30. The molecule has 6 heteroatoms. The summed E-state index contributed by atoms with van der Waals surface area (Å²) in [5.74, 6) is 0.518. The van der Waals surface area contributed by atoms with Gasteiger partial charge in [0.15, 0.2) is 6.10 Å². The molecule has 1 heterocycles. The van der Waals surface area contributed by atoms with Gasteiger partial charge in [-0.15, -0.1) is 0 Å². The largest absolute Gasteiger partial charge is 0.480 e. The van der Waals surface area contributed by atoms with E-state index in [1.165, 1.54) is 17.0 Å². The maximum atomic E-state index is 12.6. The van der Waals surface area contributed by atoms with Crippen molar-refractivity contribution in [1.29, 1.82) is 0 Å². The molecule has 0 spiro atoms. The van der Waals surface area contributed by atoms with E-state index in [1.807, 2.05) is 24.3 Å². The summed E-state index contributed by atoms with van der Waals surface area (Å²) in [5.41, 5.74) is 0.919. The topological polar surface area (TPSA) is 29.5 Å². The summed E-state index contributed by atoms with van der Waals surface area (Å²) < 4.78 is 43.3. The molecule has 0 aliphatic carbocycles. The Morgan fingerprint density at radius 3 is 2.46 bits per heavy atom. The quantitative estimate of drug-likeness (QED) is 0.857. The average molecular weight is 335 g/mol. The predicted molar refractivity (Wildman–Crippen MR) is 82.5 cm³/mol. The molecule has 2 aromatic carbocycles. The van der Waals surface area contributed by atoms with Crippen LogP contribution < -0.4 is 4.74 Å². The smallest absolute Gasteiger partial charge is 0.416 e. The zero-order valence-electron chi connectivity index (χ0n) is 13.0. The molecule has 126 valence electrons. The van der Waals surface area contributed by atoms with E-state index in [9.17, 15) is 18.0 Å². The summed E-state index contributed by atoms with van der Waals surface area (Å²) in [4.78, 5) is 13.9. The summed E-state index contributed by atoms with van der Waals surface area (Å²) in [6.45, 7) is 0.229. The van der Waals surface area contributed by atoms with Gasteiger partial charge >= 0.3 is 6.18 Å². The van der Waals surface area contributed by atoms with E-state index >= 15 is 0 Å². The first-order valence-electron chi connectivity index (χ1n) is 7.50. The Hall–Kier alpha value is -2.50. The van der Waals surface area contributed by atoms with Crippen LogP contribution in [0.25, 0.3) is 0 Å². The predicted octanol–water partition coefficient (Wildman–Crippen LogP) is 3.67. The monoisotopic (exact) mass is 335 g/mol. The fraction of sp³-hybridized carbons (Fsp3) is 0.278. The van der Waals surface area contributed by atoms with Crippen molar-refractivity contribution in [2.45, 2.75) is 25.2 Å². The molecule has 0 fully saturated rings. The molecule has 1 aliphatic heterocycles. The van der Waals surface area contributed by atoms with Crippen molar-refractivity contribution < 1.29 is 22.7 Å². The van der Waals surface area contributed by atoms with E-state index in [4.69, 9.17) is 4.74 Å². The zero-order valence-corrected chi connectivity index (χ0v) is 13.0. The summed E-state index contributed by atoms with van der Waals surface area (Å²) in [6.07, 6.45) is -4.43. The van der Waals surface area contributed by atoms with Crippen LogP contribution >= 0.6 is 0 Å². The lowest BCUT2D eigenvalue weighted by molar-refractivity contribution is -0.138. The Kier molecular flexibility index (Phi) is 4.22. The van der Waals surface area contributed by atoms with Crippen molar-refractivity contribution in [3.63, 3.8) is 0 Å². The zero-order chi connectivity index (χ0) is 17.3. The second kappa shape index (κ2) is 6.19. The lowest BCUT2D eigenvalue weighted by atomic mass is 10.1. The number of fused-ring (bicyclic) bond motifs is 1. The van der Waals surface area contributed by atoms with Gasteiger partial charge in [0.25, 0.3) is 5.91 Å². The van der Waals surface area contributed by atoms with Crippen molar-refractivity contribution in [2.24, 2.45) is 0 Å². The number of halogens is 3. The van der Waals surface area contributed by atoms with E-state index < -0.39 is 17.8 Å². The van der Waals surface area contributed by atoms with Crippen LogP contribution in [0.2, 0.25) is 0 Å². The molecule has 0 bridgehead atoms. The van der Waals surface area contributed by atoms with Gasteiger partial charge in [0.05, 0.1) is 5.56 Å². The van der Waals surface area contributed by atoms with E-state index in [0.29, 0.717) is 17.7 Å². The van der Waals surface area contributed by atoms with Crippen LogP contribution in [0.15, 0.2) is 48.5 Å². The van der Waals surface area contributed by atoms with Crippen molar-refractivity contribution >= 4 is 5.91 Å². The lowest BCUT2D eigenvalue weighted by Crippen LogP contribution is -2.38. The maximum Gasteiger partial charge on any atom is 0.416 e. The van der Waals surface area contributed by atoms with Gasteiger partial charge in [-0.05, 0) is 29.3 Å². The fourth-order valence-corrected chi connectivity index (χ4v) is 2.72. The normalized spacial score (nSPS) is 16.4. The highest BCUT2D eigenvalue weighted by Gasteiger charge is 2.32. The highest BCUT2D eigenvalue weighted by atomic mass is 19.4. The highest BCUT2D eigenvalue weighted by molar-refractivity contribution is 5.82. The molecule has 0 N–H and O–H groups in total. The molecule has 0 saturated carbocycles. The number of benzene rings is 2. The van der Waals surface area contributed by atoms with Gasteiger partial charge in [0.2, 0.25) is 0 Å². The van der Waals surface area contributed by atoms with Crippen molar-refractivity contribution in [3.05, 3.63) is 65.2 Å². The van der Waals surface area contributed by atoms with Gasteiger partial charge < -0.3 is 9.64 Å². The SMILES string of the molecule is CN(Cc1ccc(C(F)(F)F)cc1)C(=O)C1Cc2ccccc2O1. The lowest BCUT2D eigenvalue weighted by Gasteiger charge is -2.21. The second-order valence-corrected chi connectivity index (χ2v) is 5.81. The van der Waals surface area contributed by atoms with Crippen LogP contribution in [-0.4, -0.2) is 24.0 Å². The summed E-state index contributed by atoms with van der Waals surface area (Å²) >= 11 is 0. The number of carbonyl (C=O) groups excluding carboxylic acids is 1. The van der Waals surface area contributed by atoms with Crippen LogP contribution in [-0.2, 0) is 23.9 Å². The van der Waals surface area contributed by atoms with E-state index in [0.717, 1.165) is 17.7 Å². The van der Waals surface area contributed by atoms with Crippen LogP contribution in [0, 0.1) is 0 Å². The van der Waals surface area contributed by atoms with Gasteiger partial charge in [0, 0.05) is 20.0 Å². The Morgan fingerprint density at radius 1 is 1.17 bits per heavy atom. The number of para-hydroxylation sites is 1. The molecule has 3 nitrogen and oxygen atoms in total. The van der Waals surface area contributed by atoms with Crippen LogP contribution in [0.4, 0.5) is 13.2 Å². The first-order chi connectivity index (χ1) is 11.3. The minimum absolute atomic E-state index is 0.189. The Bertz CT molecular complexity index is 716. The van der Waals surface area contributed by atoms with Gasteiger partial charge in [-0.25, -0.2) is 0 Å². The Morgan fingerprint density at radius 2 is 1.83 bits per heavy atom. The van der Waals surface area contributed by atoms with Gasteiger partial charge in [-0.3, -0.25) is 4.79 Å². The number of likely N-dealkylation sites (N-methyl/N-ethyl adjacent to an activating group) is 1. The molecule has 1 amide bonds. The Balaban J connectivity index is 1.63. The maximum absolute atomic E-state index is 12.6. The standard InChI is InChI=1S/C18H16F3NO2/c1-22(11-12-6-8-14(9-7-12)18(19,20)21)17(23)16-10-13-4-2-3-5-15(13)24-16/h2-9,16H,10-11H2,1H3. The van der Waals surface area contributed by atoms with E-state index in [-0.39, 0.29) is 12.5 Å². The molecular formula is C18H16F3NO2. The molecule has 24 heavy (non-hydrogen) atoms. The molecule has 0 radical (unpaired) electrons. The van der Waals surface area contributed by atoms with Gasteiger partial charge in [-0.1, -0.05) is 30.3 Å². The number of carbonyl (C=O) groups is 1. The fourth-order valence-electron chi connectivity index (χ4n) is 2.72. The molecule has 3 rings (SSSR count). The first kappa shape index (κ1) is 16.4. The van der Waals surface area contributed by atoms with Crippen molar-refractivity contribution in [1.82, 2.24) is 4.90 Å². The summed E-state index contributed by atoms with van der Waals surface area (Å²) in [7, 11) is 1.62. The van der Waals surface area contributed by atoms with Crippen molar-refractivity contribution in [2.75, 3.05) is 7.05 Å². The minimum Gasteiger partial charge on any atom is -0.480 e. The van der Waals surface area contributed by atoms with Crippen molar-refractivity contribution in [3.8, 4) is 5.75 Å². The van der Waals surface area contributed by atoms with E-state index in [2.05, 4.69) is 0 Å². The Labute approximate surface area is 137 Å². The molecule has 2 aromatic rings. The average Bonchev–Trinajstić information content (AvgIpc) is 2.97. The molecule has 0 aromatic heterocycles. The molecule has 1 unspecified atom stereocenters. The van der Waals surface area contributed by atoms with Crippen LogP contribution in [0.3, 0.4) is 0 Å². The number of nitrogens with zero attached hydrogens (tertiary/aromatic N) is 1. The first-order valence-corrected chi connectivity index (χ1v) is 7.50. The third-order valence-electron chi connectivity index (χ3n) is 4.00. The molecule has 1 atom stereocenters. The number of rotatable bonds is 3. The molecular weight excluding hydrogens is 319 g/mol. The third kappa shape index (κ3) is 3.37. The number of ether oxygens (including phenoxy) is 1. The summed E-state index contributed by atoms with van der Waals surface area (Å²) in [5, 5.41) is 0. The second-order valence-electron chi connectivity index (χ2n) is 5.81. The van der Waals surface area contributed by atoms with Gasteiger partial charge in [-0.2, -0.15) is 13.2 Å². The number of hydrogen-bond donors (Lipinski definition) is 0. The minimum atomic E-state index is -4.36. The van der Waals surface area contributed by atoms with Gasteiger partial charge in [0.1, 0.15) is 5.75 Å². The molecule has 0 saturated heterocycles. The van der Waals surface area contributed by atoms with Crippen LogP contribution in [0.5, 0.6) is 5.75 Å². The summed E-state index contributed by atoms with van der Waals surface area (Å²) in [6, 6.07) is 12.3. The van der Waals surface area contributed by atoms with Crippen LogP contribution in [0.1, 0.15) is 16.7 Å². The van der Waals surface area contributed by atoms with E-state index in [1.54, 1.807) is 7.05 Å². The molecule has 1 aliphatic rings. The number of amides is 1. The third-order valence-corrected chi connectivity index (χ3v) is 4.00. The number of alkyl halides is 3. The number of hydrogen-bond acceptors (Lipinski definition) is 2.